The molecule has 0 aromatic heterocycles. The minimum Gasteiger partial charge on any atom is -0.307 e. The van der Waals surface area contributed by atoms with Crippen LogP contribution < -0.4 is 5.32 Å². The zero-order valence-corrected chi connectivity index (χ0v) is 12.5. The van der Waals surface area contributed by atoms with Crippen molar-refractivity contribution in [2.45, 2.75) is 52.1 Å². The average Bonchev–Trinajstić information content (AvgIpc) is 2.59. The van der Waals surface area contributed by atoms with E-state index in [4.69, 9.17) is 0 Å². The summed E-state index contributed by atoms with van der Waals surface area (Å²) in [5.41, 5.74) is 1.80. The molecule has 1 saturated carbocycles. The first-order valence-corrected chi connectivity index (χ1v) is 7.30. The second-order valence-corrected chi connectivity index (χ2v) is 6.70. The highest BCUT2D eigenvalue weighted by atomic mass is 79.9. The number of nitrogens with one attached hydrogen (secondary N) is 1. The van der Waals surface area contributed by atoms with Gasteiger partial charge < -0.3 is 5.32 Å². The summed E-state index contributed by atoms with van der Waals surface area (Å²) in [5, 5.41) is 3.80. The summed E-state index contributed by atoms with van der Waals surface area (Å²) in [6, 6.07) is 9.55. The molecule has 1 aliphatic carbocycles. The van der Waals surface area contributed by atoms with Crippen LogP contribution in [0.15, 0.2) is 28.7 Å². The van der Waals surface area contributed by atoms with Crippen LogP contribution in [0.3, 0.4) is 0 Å². The van der Waals surface area contributed by atoms with Crippen molar-refractivity contribution >= 4 is 15.9 Å². The van der Waals surface area contributed by atoms with Crippen LogP contribution in [0.2, 0.25) is 0 Å². The molecule has 2 atom stereocenters. The van der Waals surface area contributed by atoms with Gasteiger partial charge in [0.15, 0.2) is 0 Å². The highest BCUT2D eigenvalue weighted by Gasteiger charge is 2.35. The molecule has 1 nitrogen and oxygen atoms in total. The van der Waals surface area contributed by atoms with Crippen molar-refractivity contribution in [2.24, 2.45) is 5.41 Å². The molecule has 0 saturated heterocycles. The maximum atomic E-state index is 3.80. The normalized spacial score (nSPS) is 24.8. The Morgan fingerprint density at radius 2 is 2.06 bits per heavy atom. The Morgan fingerprint density at radius 1 is 1.35 bits per heavy atom. The van der Waals surface area contributed by atoms with Crippen molar-refractivity contribution < 1.29 is 0 Å². The van der Waals surface area contributed by atoms with Crippen LogP contribution in [0, 0.1) is 5.41 Å². The lowest BCUT2D eigenvalue weighted by molar-refractivity contribution is 0.266. The number of halogens is 1. The van der Waals surface area contributed by atoms with Crippen molar-refractivity contribution in [3.63, 3.8) is 0 Å². The summed E-state index contributed by atoms with van der Waals surface area (Å²) in [7, 11) is 0. The maximum absolute atomic E-state index is 3.80. The molecule has 1 fully saturated rings. The van der Waals surface area contributed by atoms with E-state index in [0.717, 1.165) is 0 Å². The monoisotopic (exact) mass is 295 g/mol. The Labute approximate surface area is 113 Å². The van der Waals surface area contributed by atoms with Crippen LogP contribution in [0.5, 0.6) is 0 Å². The Bertz CT molecular complexity index is 386. The molecule has 0 radical (unpaired) electrons. The van der Waals surface area contributed by atoms with Gasteiger partial charge in [-0.15, -0.1) is 0 Å². The Morgan fingerprint density at radius 3 is 2.65 bits per heavy atom. The third-order valence-electron chi connectivity index (χ3n) is 4.08. The van der Waals surface area contributed by atoms with Crippen molar-refractivity contribution in [3.8, 4) is 0 Å². The van der Waals surface area contributed by atoms with E-state index >= 15 is 0 Å². The van der Waals surface area contributed by atoms with Gasteiger partial charge in [-0.05, 0) is 36.8 Å². The lowest BCUT2D eigenvalue weighted by atomic mass is 9.86. The van der Waals surface area contributed by atoms with Gasteiger partial charge in [-0.2, -0.15) is 0 Å². The fraction of sp³-hybridized carbons (Fsp3) is 0.600. The molecule has 1 unspecified atom stereocenters. The zero-order valence-electron chi connectivity index (χ0n) is 11.0. The second-order valence-electron chi connectivity index (χ2n) is 5.84. The van der Waals surface area contributed by atoms with Crippen molar-refractivity contribution in [1.29, 1.82) is 0 Å². The number of hydrogen-bond acceptors (Lipinski definition) is 1. The van der Waals surface area contributed by atoms with Gasteiger partial charge in [0.2, 0.25) is 0 Å². The largest absolute Gasteiger partial charge is 0.307 e. The number of benzene rings is 1. The lowest BCUT2D eigenvalue weighted by Crippen LogP contribution is -2.39. The molecule has 1 aromatic rings. The van der Waals surface area contributed by atoms with Gasteiger partial charge in [0.25, 0.3) is 0 Å². The van der Waals surface area contributed by atoms with Crippen molar-refractivity contribution in [1.82, 2.24) is 5.32 Å². The third kappa shape index (κ3) is 2.92. The molecule has 1 aliphatic rings. The molecule has 0 heterocycles. The van der Waals surface area contributed by atoms with E-state index in [1.54, 1.807) is 0 Å². The van der Waals surface area contributed by atoms with E-state index in [1.807, 2.05) is 0 Å². The maximum Gasteiger partial charge on any atom is 0.0305 e. The minimum atomic E-state index is 0.410. The molecular formula is C15H22BrN. The van der Waals surface area contributed by atoms with Crippen LogP contribution in [0.4, 0.5) is 0 Å². The Kier molecular flexibility index (Phi) is 3.94. The van der Waals surface area contributed by atoms with Crippen LogP contribution >= 0.6 is 15.9 Å². The summed E-state index contributed by atoms with van der Waals surface area (Å²) < 4.78 is 1.20. The second kappa shape index (κ2) is 5.11. The molecule has 0 aliphatic heterocycles. The highest BCUT2D eigenvalue weighted by Crippen LogP contribution is 2.38. The van der Waals surface area contributed by atoms with E-state index in [9.17, 15) is 0 Å². The third-order valence-corrected chi connectivity index (χ3v) is 4.80. The first-order valence-electron chi connectivity index (χ1n) is 6.51. The Hall–Kier alpha value is -0.340. The molecule has 1 N–H and O–H groups in total. The highest BCUT2D eigenvalue weighted by molar-refractivity contribution is 9.10. The first-order chi connectivity index (χ1) is 8.00. The van der Waals surface area contributed by atoms with E-state index in [-0.39, 0.29) is 0 Å². The van der Waals surface area contributed by atoms with Gasteiger partial charge in [-0.3, -0.25) is 0 Å². The van der Waals surface area contributed by atoms with Crippen LogP contribution in [0.25, 0.3) is 0 Å². The van der Waals surface area contributed by atoms with Crippen molar-refractivity contribution in [3.05, 3.63) is 34.3 Å². The summed E-state index contributed by atoms with van der Waals surface area (Å²) in [6.45, 7) is 7.02. The van der Waals surface area contributed by atoms with Crippen LogP contribution in [-0.2, 0) is 0 Å². The van der Waals surface area contributed by atoms with E-state index in [2.05, 4.69) is 66.3 Å². The van der Waals surface area contributed by atoms with Gasteiger partial charge in [-0.1, -0.05) is 54.4 Å². The predicted octanol–water partition coefficient (Wildman–Crippen LogP) is 4.68. The van der Waals surface area contributed by atoms with Gasteiger partial charge in [-0.25, -0.2) is 0 Å². The van der Waals surface area contributed by atoms with Gasteiger partial charge in [0.05, 0.1) is 0 Å². The average molecular weight is 296 g/mol. The molecule has 2 heteroatoms. The van der Waals surface area contributed by atoms with Gasteiger partial charge in [0, 0.05) is 16.6 Å². The summed E-state index contributed by atoms with van der Waals surface area (Å²) in [5.74, 6) is 0. The Balaban J connectivity index is 2.07. The van der Waals surface area contributed by atoms with E-state index < -0.39 is 0 Å². The lowest BCUT2D eigenvalue weighted by Gasteiger charge is -2.31. The van der Waals surface area contributed by atoms with Gasteiger partial charge >= 0.3 is 0 Å². The first kappa shape index (κ1) is 13.1. The zero-order chi connectivity index (χ0) is 12.5. The quantitative estimate of drug-likeness (QED) is 0.854. The SMILES string of the molecule is C[C@H](NC1CCCC1(C)C)c1ccccc1Br. The van der Waals surface area contributed by atoms with E-state index in [0.29, 0.717) is 17.5 Å². The van der Waals surface area contributed by atoms with Crippen LogP contribution in [-0.4, -0.2) is 6.04 Å². The van der Waals surface area contributed by atoms with Crippen molar-refractivity contribution in [2.75, 3.05) is 0 Å². The number of hydrogen-bond donors (Lipinski definition) is 1. The molecule has 0 amide bonds. The number of rotatable bonds is 3. The van der Waals surface area contributed by atoms with E-state index in [1.165, 1.54) is 29.3 Å². The smallest absolute Gasteiger partial charge is 0.0305 e. The molecule has 2 rings (SSSR count). The molecule has 1 aromatic carbocycles. The summed E-state index contributed by atoms with van der Waals surface area (Å²) in [4.78, 5) is 0. The summed E-state index contributed by atoms with van der Waals surface area (Å²) in [6.07, 6.45) is 4.00. The molecule has 94 valence electrons. The molecule has 0 spiro atoms. The predicted molar refractivity (Wildman–Crippen MR) is 77.1 cm³/mol. The standard InChI is InChI=1S/C15H22BrN/c1-11(12-7-4-5-8-13(12)16)17-14-9-6-10-15(14,2)3/h4-5,7-8,11,14,17H,6,9-10H2,1-3H3/t11-,14?/m0/s1. The fourth-order valence-electron chi connectivity index (χ4n) is 2.85. The summed E-state index contributed by atoms with van der Waals surface area (Å²) >= 11 is 3.63. The topological polar surface area (TPSA) is 12.0 Å². The molecule has 0 bridgehead atoms. The molecular weight excluding hydrogens is 274 g/mol. The fourth-order valence-corrected chi connectivity index (χ4v) is 3.48. The molecule has 17 heavy (non-hydrogen) atoms. The van der Waals surface area contributed by atoms with Gasteiger partial charge in [0.1, 0.15) is 0 Å². The van der Waals surface area contributed by atoms with Crippen LogP contribution in [0.1, 0.15) is 51.6 Å². The minimum absolute atomic E-state index is 0.410.